The van der Waals surface area contributed by atoms with Gasteiger partial charge in [0.15, 0.2) is 0 Å². The van der Waals surface area contributed by atoms with E-state index in [1.165, 1.54) is 24.8 Å². The fourth-order valence-electron chi connectivity index (χ4n) is 5.51. The molecule has 6 unspecified atom stereocenters. The number of allylic oxidation sites excluding steroid dienone is 1. The lowest BCUT2D eigenvalue weighted by Crippen LogP contribution is -2.54. The van der Waals surface area contributed by atoms with Gasteiger partial charge in [0.25, 0.3) is 6.47 Å². The van der Waals surface area contributed by atoms with Gasteiger partial charge in [0, 0.05) is 5.92 Å². The highest BCUT2D eigenvalue weighted by atomic mass is 16.5. The van der Waals surface area contributed by atoms with Crippen molar-refractivity contribution in [1.82, 2.24) is 0 Å². The van der Waals surface area contributed by atoms with Crippen molar-refractivity contribution in [3.05, 3.63) is 11.6 Å². The summed E-state index contributed by atoms with van der Waals surface area (Å²) in [6, 6.07) is 0. The maximum Gasteiger partial charge on any atom is 0.308 e. The zero-order chi connectivity index (χ0) is 23.9. The smallest absolute Gasteiger partial charge is 0.308 e. The Balaban J connectivity index is 0.000000293. The molecule has 4 aliphatic carbocycles. The first kappa shape index (κ1) is 27.7. The van der Waals surface area contributed by atoms with E-state index in [-0.39, 0.29) is 24.1 Å². The van der Waals surface area contributed by atoms with Crippen LogP contribution in [0.1, 0.15) is 94.9 Å². The predicted molar refractivity (Wildman–Crippen MR) is 127 cm³/mol. The maximum atomic E-state index is 11.6. The Labute approximate surface area is 191 Å². The van der Waals surface area contributed by atoms with Crippen molar-refractivity contribution in [1.29, 1.82) is 0 Å². The predicted octanol–water partition coefficient (Wildman–Crippen LogP) is 6.82. The number of hydrogen-bond acceptors (Lipinski definition) is 4. The zero-order valence-corrected chi connectivity index (χ0v) is 21.7. The highest BCUT2D eigenvalue weighted by Crippen LogP contribution is 2.59. The lowest BCUT2D eigenvalue weighted by Gasteiger charge is -2.58. The minimum Gasteiger partial charge on any atom is -0.464 e. The second kappa shape index (κ2) is 12.1. The lowest BCUT2D eigenvalue weighted by molar-refractivity contribution is -0.164. The van der Waals surface area contributed by atoms with Gasteiger partial charge in [-0.1, -0.05) is 74.3 Å². The summed E-state index contributed by atoms with van der Waals surface area (Å²) in [6.07, 6.45) is 7.05. The second-order valence-corrected chi connectivity index (χ2v) is 10.8. The number of fused-ring (bicyclic) bond motifs is 1. The van der Waals surface area contributed by atoms with Crippen LogP contribution in [0.2, 0.25) is 0 Å². The monoisotopic (exact) mass is 436 g/mol. The number of rotatable bonds is 5. The van der Waals surface area contributed by atoms with Crippen molar-refractivity contribution in [2.75, 3.05) is 0 Å². The van der Waals surface area contributed by atoms with Gasteiger partial charge >= 0.3 is 5.97 Å². The average Bonchev–Trinajstić information content (AvgIpc) is 2.69. The van der Waals surface area contributed by atoms with Crippen LogP contribution in [0.3, 0.4) is 0 Å². The maximum absolute atomic E-state index is 11.6. The molecule has 4 aliphatic rings. The van der Waals surface area contributed by atoms with Crippen LogP contribution in [0.4, 0.5) is 0 Å². The number of ether oxygens (including phenoxy) is 2. The molecule has 180 valence electrons. The van der Waals surface area contributed by atoms with Crippen LogP contribution in [0, 0.1) is 40.9 Å². The van der Waals surface area contributed by atoms with Crippen LogP contribution in [0.15, 0.2) is 11.6 Å². The Morgan fingerprint density at radius 3 is 2.19 bits per heavy atom. The minimum absolute atomic E-state index is 0.00917. The SMILES string of the molecule is CC.CC1=CC(OC(=O)C(C)C)C2CC1C2(C)C.CC1CCC(C(C)C)C(OC=O)C1. The van der Waals surface area contributed by atoms with E-state index in [2.05, 4.69) is 47.6 Å². The van der Waals surface area contributed by atoms with Gasteiger partial charge in [0.1, 0.15) is 12.2 Å². The molecule has 31 heavy (non-hydrogen) atoms. The van der Waals surface area contributed by atoms with Crippen LogP contribution in [0.25, 0.3) is 0 Å². The van der Waals surface area contributed by atoms with Crippen LogP contribution < -0.4 is 0 Å². The summed E-state index contributed by atoms with van der Waals surface area (Å²) in [7, 11) is 0. The quantitative estimate of drug-likeness (QED) is 0.269. The molecule has 2 fully saturated rings. The van der Waals surface area contributed by atoms with Gasteiger partial charge in [-0.2, -0.15) is 0 Å². The fraction of sp³-hybridized carbons (Fsp3) is 0.852. The van der Waals surface area contributed by atoms with Gasteiger partial charge in [-0.15, -0.1) is 0 Å². The molecule has 0 aromatic rings. The third-order valence-corrected chi connectivity index (χ3v) is 7.63. The van der Waals surface area contributed by atoms with Crippen LogP contribution in [-0.2, 0) is 19.1 Å². The van der Waals surface area contributed by atoms with Crippen molar-refractivity contribution in [2.24, 2.45) is 40.9 Å². The molecule has 4 rings (SSSR count). The lowest BCUT2D eigenvalue weighted by atomic mass is 9.48. The van der Waals surface area contributed by atoms with Crippen molar-refractivity contribution in [2.45, 2.75) is 107 Å². The number of carbonyl (C=O) groups is 2. The molecule has 6 atom stereocenters. The summed E-state index contributed by atoms with van der Waals surface area (Å²) < 4.78 is 10.7. The Morgan fingerprint density at radius 2 is 1.74 bits per heavy atom. The summed E-state index contributed by atoms with van der Waals surface area (Å²) in [5.41, 5.74) is 1.70. The summed E-state index contributed by atoms with van der Waals surface area (Å²) in [5, 5.41) is 0. The molecule has 0 amide bonds. The molecular weight excluding hydrogens is 388 g/mol. The second-order valence-electron chi connectivity index (χ2n) is 10.8. The van der Waals surface area contributed by atoms with E-state index in [4.69, 9.17) is 9.47 Å². The molecule has 0 radical (unpaired) electrons. The summed E-state index contributed by atoms with van der Waals surface area (Å²) in [4.78, 5) is 22.0. The summed E-state index contributed by atoms with van der Waals surface area (Å²) in [6.45, 7) is 21.8. The molecule has 0 aromatic carbocycles. The largest absolute Gasteiger partial charge is 0.464 e. The number of carbonyl (C=O) groups excluding carboxylic acids is 2. The van der Waals surface area contributed by atoms with Crippen LogP contribution in [0.5, 0.6) is 0 Å². The van der Waals surface area contributed by atoms with E-state index in [1.54, 1.807) is 0 Å². The first-order valence-electron chi connectivity index (χ1n) is 12.5. The van der Waals surface area contributed by atoms with Gasteiger partial charge in [-0.3, -0.25) is 9.59 Å². The van der Waals surface area contributed by atoms with Crippen LogP contribution >= 0.6 is 0 Å². The Hall–Kier alpha value is -1.32. The van der Waals surface area contributed by atoms with E-state index in [0.29, 0.717) is 41.5 Å². The molecule has 0 aliphatic heterocycles. The highest BCUT2D eigenvalue weighted by Gasteiger charge is 2.55. The standard InChI is InChI=1S/C14H22O2.C11H20O2.C2H6/c1-8(2)13(15)16-12-6-9(3)10-7-11(12)14(10,4)5;1-8(2)10-5-4-9(3)6-11(10)13-7-12;1-2/h6,8,10-12H,7H2,1-5H3;7-11H,4-6H2,1-3H3;1-2H3. The van der Waals surface area contributed by atoms with Crippen molar-refractivity contribution < 1.29 is 19.1 Å². The van der Waals surface area contributed by atoms with E-state index >= 15 is 0 Å². The molecule has 0 aromatic heterocycles. The fourth-order valence-corrected chi connectivity index (χ4v) is 5.51. The Bertz CT molecular complexity index is 604. The summed E-state index contributed by atoms with van der Waals surface area (Å²) in [5.74, 6) is 3.01. The molecule has 0 N–H and O–H groups in total. The average molecular weight is 437 g/mol. The normalized spacial score (nSPS) is 33.0. The topological polar surface area (TPSA) is 52.6 Å². The van der Waals surface area contributed by atoms with Crippen LogP contribution in [-0.4, -0.2) is 24.6 Å². The molecule has 4 heteroatoms. The van der Waals surface area contributed by atoms with Gasteiger partial charge < -0.3 is 9.47 Å². The molecule has 0 heterocycles. The molecule has 2 bridgehead atoms. The van der Waals surface area contributed by atoms with Crippen molar-refractivity contribution >= 4 is 12.4 Å². The third kappa shape index (κ3) is 6.83. The van der Waals surface area contributed by atoms with Crippen molar-refractivity contribution in [3.8, 4) is 0 Å². The molecular formula is C27H48O4. The van der Waals surface area contributed by atoms with Gasteiger partial charge in [0.2, 0.25) is 0 Å². The van der Waals surface area contributed by atoms with E-state index < -0.39 is 0 Å². The van der Waals surface area contributed by atoms with E-state index in [9.17, 15) is 9.59 Å². The third-order valence-electron chi connectivity index (χ3n) is 7.63. The Morgan fingerprint density at radius 1 is 1.13 bits per heavy atom. The molecule has 2 saturated carbocycles. The van der Waals surface area contributed by atoms with E-state index in [1.807, 2.05) is 27.7 Å². The van der Waals surface area contributed by atoms with Gasteiger partial charge in [0.05, 0.1) is 5.92 Å². The number of hydrogen-bond donors (Lipinski definition) is 0. The van der Waals surface area contributed by atoms with Gasteiger partial charge in [-0.25, -0.2) is 0 Å². The molecule has 0 spiro atoms. The van der Waals surface area contributed by atoms with Crippen molar-refractivity contribution in [3.63, 3.8) is 0 Å². The van der Waals surface area contributed by atoms with Gasteiger partial charge in [-0.05, 0) is 61.3 Å². The first-order valence-corrected chi connectivity index (χ1v) is 12.5. The van der Waals surface area contributed by atoms with E-state index in [0.717, 1.165) is 6.42 Å². The highest BCUT2D eigenvalue weighted by molar-refractivity contribution is 5.72. The first-order chi connectivity index (χ1) is 14.5. The zero-order valence-electron chi connectivity index (χ0n) is 21.7. The Kier molecular flexibility index (Phi) is 10.8. The molecule has 0 saturated heterocycles. The molecule has 4 nitrogen and oxygen atoms in total. The summed E-state index contributed by atoms with van der Waals surface area (Å²) >= 11 is 0. The number of esters is 1. The minimum atomic E-state index is -0.0739.